The van der Waals surface area contributed by atoms with Crippen molar-refractivity contribution in [2.24, 2.45) is 0 Å². The van der Waals surface area contributed by atoms with Gasteiger partial charge in [0.1, 0.15) is 5.75 Å². The van der Waals surface area contributed by atoms with E-state index >= 15 is 0 Å². The Morgan fingerprint density at radius 1 is 1.07 bits per heavy atom. The van der Waals surface area contributed by atoms with Crippen LogP contribution in [-0.2, 0) is 9.53 Å². The third-order valence-electron chi connectivity index (χ3n) is 4.07. The molecule has 0 atom stereocenters. The number of benzene rings is 2. The van der Waals surface area contributed by atoms with Crippen molar-refractivity contribution < 1.29 is 23.9 Å². The summed E-state index contributed by atoms with van der Waals surface area (Å²) in [6, 6.07) is 15.7. The number of methoxy groups -OCH3 is 1. The number of thioether (sulfide) groups is 1. The number of para-hydroxylation sites is 2. The molecule has 3 aromatic rings. The summed E-state index contributed by atoms with van der Waals surface area (Å²) in [6.07, 6.45) is 3.23. The van der Waals surface area contributed by atoms with E-state index in [0.29, 0.717) is 10.9 Å². The zero-order chi connectivity index (χ0) is 21.5. The number of nitrogens with zero attached hydrogens (tertiary/aromatic N) is 2. The zero-order valence-corrected chi connectivity index (χ0v) is 17.1. The van der Waals surface area contributed by atoms with Gasteiger partial charge in [0.2, 0.25) is 0 Å². The summed E-state index contributed by atoms with van der Waals surface area (Å²) in [5, 5.41) is 2.78. The van der Waals surface area contributed by atoms with Gasteiger partial charge in [-0.1, -0.05) is 42.1 Å². The van der Waals surface area contributed by atoms with E-state index in [9.17, 15) is 14.4 Å². The molecule has 0 fully saturated rings. The van der Waals surface area contributed by atoms with Crippen LogP contribution >= 0.6 is 11.8 Å². The number of carbonyl (C=O) groups excluding carboxylic acids is 3. The normalized spacial score (nSPS) is 10.3. The van der Waals surface area contributed by atoms with Gasteiger partial charge in [0.05, 0.1) is 18.9 Å². The van der Waals surface area contributed by atoms with Gasteiger partial charge in [-0.05, 0) is 30.5 Å². The molecular formula is C21H19N3O5S. The molecule has 8 nitrogen and oxygen atoms in total. The largest absolute Gasteiger partial charge is 0.496 e. The number of rotatable bonds is 7. The standard InChI is InChI=1S/C21H19N3O5S/c1-28-17-11-7-6-10-15(17)19(26)23-18(25)13-29-20(27)16-12-22-21(30-2)24(16)14-8-4-3-5-9-14/h3-12H,13H2,1-2H3,(H,23,25,26). The Labute approximate surface area is 177 Å². The molecule has 2 aromatic carbocycles. The second-order valence-electron chi connectivity index (χ2n) is 5.95. The SMILES string of the molecule is COc1ccccc1C(=O)NC(=O)COC(=O)c1cnc(SC)n1-c1ccccc1. The number of nitrogens with one attached hydrogen (secondary N) is 1. The lowest BCUT2D eigenvalue weighted by molar-refractivity contribution is -0.123. The monoisotopic (exact) mass is 425 g/mol. The molecule has 0 saturated carbocycles. The predicted molar refractivity (Wildman–Crippen MR) is 111 cm³/mol. The minimum atomic E-state index is -0.755. The molecule has 0 spiro atoms. The maximum absolute atomic E-state index is 12.6. The fourth-order valence-electron chi connectivity index (χ4n) is 2.72. The van der Waals surface area contributed by atoms with Crippen molar-refractivity contribution in [2.75, 3.05) is 20.0 Å². The van der Waals surface area contributed by atoms with E-state index < -0.39 is 24.4 Å². The number of esters is 1. The molecule has 0 bridgehead atoms. The maximum atomic E-state index is 12.6. The Kier molecular flexibility index (Phi) is 6.87. The fourth-order valence-corrected chi connectivity index (χ4v) is 3.26. The van der Waals surface area contributed by atoms with Crippen LogP contribution in [0.1, 0.15) is 20.8 Å². The van der Waals surface area contributed by atoms with Crippen molar-refractivity contribution >= 4 is 29.5 Å². The second-order valence-corrected chi connectivity index (χ2v) is 6.73. The molecule has 3 rings (SSSR count). The van der Waals surface area contributed by atoms with Gasteiger partial charge < -0.3 is 9.47 Å². The van der Waals surface area contributed by atoms with Gasteiger partial charge >= 0.3 is 5.97 Å². The summed E-state index contributed by atoms with van der Waals surface area (Å²) in [6.45, 7) is -0.617. The first-order valence-electron chi connectivity index (χ1n) is 8.86. The maximum Gasteiger partial charge on any atom is 0.357 e. The van der Waals surface area contributed by atoms with E-state index in [1.54, 1.807) is 22.8 Å². The van der Waals surface area contributed by atoms with E-state index in [1.165, 1.54) is 31.1 Å². The van der Waals surface area contributed by atoms with Crippen LogP contribution in [0.4, 0.5) is 0 Å². The predicted octanol–water partition coefficient (Wildman–Crippen LogP) is 2.72. The summed E-state index contributed by atoms with van der Waals surface area (Å²) in [5.74, 6) is -1.80. The Bertz CT molecular complexity index is 1070. The van der Waals surface area contributed by atoms with Crippen molar-refractivity contribution in [3.8, 4) is 11.4 Å². The first-order valence-corrected chi connectivity index (χ1v) is 10.1. The Balaban J connectivity index is 1.67. The van der Waals surface area contributed by atoms with Crippen LogP contribution in [0.3, 0.4) is 0 Å². The number of hydrogen-bond donors (Lipinski definition) is 1. The Morgan fingerprint density at radius 2 is 1.77 bits per heavy atom. The van der Waals surface area contributed by atoms with Crippen molar-refractivity contribution in [1.29, 1.82) is 0 Å². The van der Waals surface area contributed by atoms with Crippen LogP contribution in [-0.4, -0.2) is 47.3 Å². The molecule has 0 radical (unpaired) electrons. The van der Waals surface area contributed by atoms with Crippen molar-refractivity contribution in [2.45, 2.75) is 5.16 Å². The molecule has 2 amide bonds. The number of hydrogen-bond acceptors (Lipinski definition) is 7. The Morgan fingerprint density at radius 3 is 2.47 bits per heavy atom. The first kappa shape index (κ1) is 21.1. The van der Waals surface area contributed by atoms with Gasteiger partial charge in [0.25, 0.3) is 11.8 Å². The fraction of sp³-hybridized carbons (Fsp3) is 0.143. The molecule has 9 heteroatoms. The molecule has 0 unspecified atom stereocenters. The van der Waals surface area contributed by atoms with Crippen molar-refractivity contribution in [1.82, 2.24) is 14.9 Å². The molecule has 0 aliphatic carbocycles. The molecule has 1 heterocycles. The molecule has 1 N–H and O–H groups in total. The highest BCUT2D eigenvalue weighted by Crippen LogP contribution is 2.22. The summed E-state index contributed by atoms with van der Waals surface area (Å²) in [7, 11) is 1.43. The Hall–Kier alpha value is -3.59. The van der Waals surface area contributed by atoms with Crippen LogP contribution < -0.4 is 10.1 Å². The van der Waals surface area contributed by atoms with Crippen LogP contribution in [0.5, 0.6) is 5.75 Å². The third kappa shape index (κ3) is 4.69. The smallest absolute Gasteiger partial charge is 0.357 e. The lowest BCUT2D eigenvalue weighted by Crippen LogP contribution is -2.34. The summed E-state index contributed by atoms with van der Waals surface area (Å²) >= 11 is 1.37. The average molecular weight is 425 g/mol. The highest BCUT2D eigenvalue weighted by Gasteiger charge is 2.21. The van der Waals surface area contributed by atoms with Gasteiger partial charge in [-0.2, -0.15) is 0 Å². The highest BCUT2D eigenvalue weighted by molar-refractivity contribution is 7.98. The number of imide groups is 1. The van der Waals surface area contributed by atoms with E-state index in [4.69, 9.17) is 9.47 Å². The summed E-state index contributed by atoms with van der Waals surface area (Å²) in [4.78, 5) is 41.1. The highest BCUT2D eigenvalue weighted by atomic mass is 32.2. The van der Waals surface area contributed by atoms with Crippen molar-refractivity contribution in [3.63, 3.8) is 0 Å². The van der Waals surface area contributed by atoms with E-state index in [-0.39, 0.29) is 11.3 Å². The second kappa shape index (κ2) is 9.75. The minimum absolute atomic E-state index is 0.175. The quantitative estimate of drug-likeness (QED) is 0.459. The van der Waals surface area contributed by atoms with Crippen LogP contribution in [0.25, 0.3) is 5.69 Å². The molecule has 0 aliphatic heterocycles. The number of ether oxygens (including phenoxy) is 2. The zero-order valence-electron chi connectivity index (χ0n) is 16.3. The topological polar surface area (TPSA) is 99.5 Å². The van der Waals surface area contributed by atoms with Crippen LogP contribution in [0.2, 0.25) is 0 Å². The van der Waals surface area contributed by atoms with E-state index in [0.717, 1.165) is 5.69 Å². The minimum Gasteiger partial charge on any atom is -0.496 e. The molecule has 1 aromatic heterocycles. The average Bonchev–Trinajstić information content (AvgIpc) is 3.22. The molecular weight excluding hydrogens is 406 g/mol. The van der Waals surface area contributed by atoms with E-state index in [2.05, 4.69) is 10.3 Å². The third-order valence-corrected chi connectivity index (χ3v) is 4.73. The van der Waals surface area contributed by atoms with Crippen LogP contribution in [0.15, 0.2) is 66.0 Å². The van der Waals surface area contributed by atoms with Crippen LogP contribution in [0, 0.1) is 0 Å². The molecule has 30 heavy (non-hydrogen) atoms. The number of carbonyl (C=O) groups is 3. The summed E-state index contributed by atoms with van der Waals surface area (Å²) < 4.78 is 11.8. The van der Waals surface area contributed by atoms with Crippen molar-refractivity contribution in [3.05, 3.63) is 72.1 Å². The number of aromatic nitrogens is 2. The number of imidazole rings is 1. The first-order chi connectivity index (χ1) is 14.5. The van der Waals surface area contributed by atoms with Gasteiger partial charge in [0, 0.05) is 5.69 Å². The lowest BCUT2D eigenvalue weighted by atomic mass is 10.2. The summed E-state index contributed by atoms with van der Waals surface area (Å²) in [5.41, 5.74) is 1.11. The van der Waals surface area contributed by atoms with Gasteiger partial charge in [-0.25, -0.2) is 9.78 Å². The van der Waals surface area contributed by atoms with Gasteiger partial charge in [0.15, 0.2) is 17.5 Å². The van der Waals surface area contributed by atoms with Gasteiger partial charge in [-0.15, -0.1) is 0 Å². The van der Waals surface area contributed by atoms with Gasteiger partial charge in [-0.3, -0.25) is 19.5 Å². The van der Waals surface area contributed by atoms with E-state index in [1.807, 2.05) is 36.6 Å². The number of amides is 2. The molecule has 0 saturated heterocycles. The molecule has 0 aliphatic rings. The lowest BCUT2D eigenvalue weighted by Gasteiger charge is -2.11. The molecule has 154 valence electrons.